The van der Waals surface area contributed by atoms with Crippen LogP contribution in [0, 0.1) is 18.8 Å². The third-order valence-electron chi connectivity index (χ3n) is 4.93. The lowest BCUT2D eigenvalue weighted by molar-refractivity contribution is -0.126. The fourth-order valence-electron chi connectivity index (χ4n) is 3.31. The SMILES string of the molecule is C=C(c1ccc2nc(-c3cc(C)cs3)oc2c1)[C@H](C)[C@@H](CCC)C(=O)NN. The van der Waals surface area contributed by atoms with E-state index in [1.165, 1.54) is 5.56 Å². The van der Waals surface area contributed by atoms with Crippen molar-refractivity contribution in [3.05, 3.63) is 47.4 Å². The molecule has 0 saturated carbocycles. The minimum Gasteiger partial charge on any atom is -0.435 e. The zero-order valence-electron chi connectivity index (χ0n) is 15.9. The molecule has 2 aromatic heterocycles. The molecular weight excluding hydrogens is 358 g/mol. The lowest BCUT2D eigenvalue weighted by Crippen LogP contribution is -2.38. The van der Waals surface area contributed by atoms with Gasteiger partial charge in [0, 0.05) is 5.92 Å². The first-order valence-electron chi connectivity index (χ1n) is 9.10. The number of nitrogens with one attached hydrogen (secondary N) is 1. The van der Waals surface area contributed by atoms with Crippen LogP contribution in [0.1, 0.15) is 37.8 Å². The molecule has 27 heavy (non-hydrogen) atoms. The lowest BCUT2D eigenvalue weighted by Gasteiger charge is -2.24. The van der Waals surface area contributed by atoms with Crippen LogP contribution < -0.4 is 11.3 Å². The molecule has 142 valence electrons. The van der Waals surface area contributed by atoms with Crippen LogP contribution in [0.2, 0.25) is 0 Å². The fourth-order valence-corrected chi connectivity index (χ4v) is 4.13. The number of amides is 1. The molecule has 5 nitrogen and oxygen atoms in total. The number of aryl methyl sites for hydroxylation is 1. The summed E-state index contributed by atoms with van der Waals surface area (Å²) < 4.78 is 5.97. The second kappa shape index (κ2) is 8.06. The maximum atomic E-state index is 12.1. The van der Waals surface area contributed by atoms with E-state index in [0.29, 0.717) is 5.89 Å². The number of thiophene rings is 1. The van der Waals surface area contributed by atoms with Crippen molar-refractivity contribution in [2.75, 3.05) is 0 Å². The third-order valence-corrected chi connectivity index (χ3v) is 5.97. The first kappa shape index (κ1) is 19.3. The number of oxazole rings is 1. The monoisotopic (exact) mass is 383 g/mol. The van der Waals surface area contributed by atoms with Gasteiger partial charge in [-0.05, 0) is 59.5 Å². The fraction of sp³-hybridized carbons (Fsp3) is 0.333. The summed E-state index contributed by atoms with van der Waals surface area (Å²) >= 11 is 1.62. The first-order valence-corrected chi connectivity index (χ1v) is 9.98. The molecule has 0 aliphatic rings. The number of hydrazine groups is 1. The normalized spacial score (nSPS) is 13.5. The van der Waals surface area contributed by atoms with Crippen molar-refractivity contribution < 1.29 is 9.21 Å². The summed E-state index contributed by atoms with van der Waals surface area (Å²) in [4.78, 5) is 17.7. The maximum Gasteiger partial charge on any atom is 0.237 e. The van der Waals surface area contributed by atoms with E-state index in [-0.39, 0.29) is 17.7 Å². The van der Waals surface area contributed by atoms with Gasteiger partial charge in [-0.1, -0.05) is 32.9 Å². The Balaban J connectivity index is 1.89. The van der Waals surface area contributed by atoms with Gasteiger partial charge in [-0.15, -0.1) is 11.3 Å². The van der Waals surface area contributed by atoms with Crippen LogP contribution in [-0.2, 0) is 4.79 Å². The summed E-state index contributed by atoms with van der Waals surface area (Å²) in [5.74, 6) is 5.60. The molecule has 1 aromatic carbocycles. The van der Waals surface area contributed by atoms with Gasteiger partial charge in [0.25, 0.3) is 0 Å². The van der Waals surface area contributed by atoms with Gasteiger partial charge in [-0.2, -0.15) is 0 Å². The Hall–Kier alpha value is -2.44. The van der Waals surface area contributed by atoms with Crippen molar-refractivity contribution in [1.29, 1.82) is 0 Å². The zero-order chi connectivity index (χ0) is 19.6. The van der Waals surface area contributed by atoms with E-state index < -0.39 is 0 Å². The van der Waals surface area contributed by atoms with Gasteiger partial charge in [0.2, 0.25) is 11.8 Å². The van der Waals surface area contributed by atoms with E-state index in [2.05, 4.69) is 42.3 Å². The predicted octanol–water partition coefficient (Wildman–Crippen LogP) is 4.92. The van der Waals surface area contributed by atoms with E-state index in [4.69, 9.17) is 10.3 Å². The molecule has 0 radical (unpaired) electrons. The number of aromatic nitrogens is 1. The van der Waals surface area contributed by atoms with Crippen molar-refractivity contribution in [1.82, 2.24) is 10.4 Å². The number of rotatable bonds is 7. The minimum absolute atomic E-state index is 0.0340. The predicted molar refractivity (Wildman–Crippen MR) is 111 cm³/mol. The number of hydrogen-bond donors (Lipinski definition) is 2. The lowest BCUT2D eigenvalue weighted by atomic mass is 9.81. The highest BCUT2D eigenvalue weighted by Crippen LogP contribution is 2.34. The molecule has 3 N–H and O–H groups in total. The van der Waals surface area contributed by atoms with E-state index in [1.807, 2.05) is 25.1 Å². The summed E-state index contributed by atoms with van der Waals surface area (Å²) in [6.45, 7) is 10.4. The highest BCUT2D eigenvalue weighted by atomic mass is 32.1. The van der Waals surface area contributed by atoms with Crippen LogP contribution >= 0.6 is 11.3 Å². The maximum absolute atomic E-state index is 12.1. The Labute approximate surface area is 163 Å². The topological polar surface area (TPSA) is 81.2 Å². The number of carbonyl (C=O) groups is 1. The van der Waals surface area contributed by atoms with E-state index in [0.717, 1.165) is 40.0 Å². The Bertz CT molecular complexity index is 973. The smallest absolute Gasteiger partial charge is 0.237 e. The van der Waals surface area contributed by atoms with Crippen LogP contribution in [-0.4, -0.2) is 10.9 Å². The number of carbonyl (C=O) groups excluding carboxylic acids is 1. The van der Waals surface area contributed by atoms with Gasteiger partial charge in [0.1, 0.15) is 5.52 Å². The highest BCUT2D eigenvalue weighted by molar-refractivity contribution is 7.13. The Morgan fingerprint density at radius 2 is 2.19 bits per heavy atom. The van der Waals surface area contributed by atoms with Gasteiger partial charge >= 0.3 is 0 Å². The van der Waals surface area contributed by atoms with Gasteiger partial charge < -0.3 is 4.42 Å². The summed E-state index contributed by atoms with van der Waals surface area (Å²) in [6, 6.07) is 7.94. The molecule has 0 fully saturated rings. The van der Waals surface area contributed by atoms with Gasteiger partial charge in [0.15, 0.2) is 5.58 Å². The van der Waals surface area contributed by atoms with E-state index in [1.54, 1.807) is 11.3 Å². The number of nitrogens with zero attached hydrogens (tertiary/aromatic N) is 1. The minimum atomic E-state index is -0.206. The summed E-state index contributed by atoms with van der Waals surface area (Å²) in [7, 11) is 0. The average molecular weight is 384 g/mol. The third kappa shape index (κ3) is 3.96. The van der Waals surface area contributed by atoms with Crippen molar-refractivity contribution in [3.63, 3.8) is 0 Å². The molecule has 1 amide bonds. The van der Waals surface area contributed by atoms with E-state index in [9.17, 15) is 4.79 Å². The quantitative estimate of drug-likeness (QED) is 0.345. The average Bonchev–Trinajstić information content (AvgIpc) is 3.29. The molecule has 0 aliphatic carbocycles. The molecule has 3 rings (SSSR count). The standard InChI is InChI=1S/C21H25N3O2S/c1-5-6-16(20(25)24-22)14(4)13(3)15-7-8-17-18(10-15)26-21(23-17)19-9-12(2)11-27-19/h7-11,14,16H,3,5-6,22H2,1-2,4H3,(H,24,25)/t14-,16+/m0/s1. The summed E-state index contributed by atoms with van der Waals surface area (Å²) in [5.41, 5.74) is 6.85. The number of hydrogen-bond acceptors (Lipinski definition) is 5. The number of benzene rings is 1. The molecular formula is C21H25N3O2S. The number of nitrogens with two attached hydrogens (primary N) is 1. The largest absolute Gasteiger partial charge is 0.435 e. The van der Waals surface area contributed by atoms with E-state index >= 15 is 0 Å². The van der Waals surface area contributed by atoms with Crippen molar-refractivity contribution in [2.45, 2.75) is 33.6 Å². The van der Waals surface area contributed by atoms with Crippen LogP contribution in [0.15, 0.2) is 40.6 Å². The second-order valence-electron chi connectivity index (χ2n) is 6.91. The zero-order valence-corrected chi connectivity index (χ0v) is 16.7. The van der Waals surface area contributed by atoms with Crippen molar-refractivity contribution >= 4 is 33.9 Å². The van der Waals surface area contributed by atoms with Crippen LogP contribution in [0.4, 0.5) is 0 Å². The molecule has 0 spiro atoms. The van der Waals surface area contributed by atoms with Gasteiger partial charge in [0.05, 0.1) is 4.88 Å². The molecule has 6 heteroatoms. The Morgan fingerprint density at radius 1 is 1.41 bits per heavy atom. The molecule has 0 aliphatic heterocycles. The molecule has 0 saturated heterocycles. The Morgan fingerprint density at radius 3 is 2.81 bits per heavy atom. The Kier molecular flexibility index (Phi) is 5.77. The highest BCUT2D eigenvalue weighted by Gasteiger charge is 2.26. The summed E-state index contributed by atoms with van der Waals surface area (Å²) in [5, 5.41) is 2.08. The molecule has 0 unspecified atom stereocenters. The molecule has 2 heterocycles. The van der Waals surface area contributed by atoms with Crippen LogP contribution in [0.5, 0.6) is 0 Å². The van der Waals surface area contributed by atoms with Gasteiger partial charge in [-0.3, -0.25) is 10.2 Å². The van der Waals surface area contributed by atoms with Crippen LogP contribution in [0.3, 0.4) is 0 Å². The molecule has 0 bridgehead atoms. The van der Waals surface area contributed by atoms with Crippen molar-refractivity contribution in [2.24, 2.45) is 17.7 Å². The van der Waals surface area contributed by atoms with Gasteiger partial charge in [-0.25, -0.2) is 10.8 Å². The number of fused-ring (bicyclic) bond motifs is 1. The summed E-state index contributed by atoms with van der Waals surface area (Å²) in [6.07, 6.45) is 1.66. The van der Waals surface area contributed by atoms with Crippen molar-refractivity contribution in [3.8, 4) is 10.8 Å². The number of allylic oxidation sites excluding steroid dienone is 1. The molecule has 3 aromatic rings. The first-order chi connectivity index (χ1) is 12.9. The molecule has 2 atom stereocenters. The second-order valence-corrected chi connectivity index (χ2v) is 7.82. The van der Waals surface area contributed by atoms with Crippen LogP contribution in [0.25, 0.3) is 27.4 Å².